The lowest BCUT2D eigenvalue weighted by Gasteiger charge is -2.14. The number of hydrogen-bond acceptors (Lipinski definition) is 7. The van der Waals surface area contributed by atoms with Crippen LogP contribution >= 0.6 is 11.8 Å². The molecule has 0 heterocycles. The van der Waals surface area contributed by atoms with Gasteiger partial charge in [-0.3, -0.25) is 9.59 Å². The van der Waals surface area contributed by atoms with E-state index in [1.165, 1.54) is 11.8 Å². The van der Waals surface area contributed by atoms with Gasteiger partial charge in [0.2, 0.25) is 5.91 Å². The molecule has 0 rings (SSSR count). The van der Waals surface area contributed by atoms with E-state index in [-0.39, 0.29) is 18.6 Å². The van der Waals surface area contributed by atoms with Crippen LogP contribution in [0.2, 0.25) is 0 Å². The molecule has 120 valence electrons. The number of hydrogen-bond donors (Lipinski definition) is 4. The third-order valence-corrected chi connectivity index (χ3v) is 3.19. The van der Waals surface area contributed by atoms with Gasteiger partial charge in [0.25, 0.3) is 0 Å². The van der Waals surface area contributed by atoms with Crippen molar-refractivity contribution in [3.05, 3.63) is 12.7 Å². The topological polar surface area (TPSA) is 147 Å². The minimum Gasteiger partial charge on any atom is -0.480 e. The molecule has 0 fully saturated rings. The average molecular weight is 338 g/mol. The van der Waals surface area contributed by atoms with E-state index in [2.05, 4.69) is 24.4 Å². The second-order valence-corrected chi connectivity index (χ2v) is 4.84. The molecule has 0 bridgehead atoms. The summed E-state index contributed by atoms with van der Waals surface area (Å²) in [7, 11) is 0. The molecular formula is C11H18N2O6S2. The molecule has 0 saturated carbocycles. The van der Waals surface area contributed by atoms with Crippen LogP contribution in [-0.4, -0.2) is 55.9 Å². The number of thioether (sulfide) groups is 1. The SMILES string of the molecule is C=CCSC[C@H](NC(=O)CC[C@H](N)C(=O)O)C(=O)O.O=S. The Kier molecular flexibility index (Phi) is 14.0. The Labute approximate surface area is 131 Å². The van der Waals surface area contributed by atoms with Crippen LogP contribution in [-0.2, 0) is 26.9 Å². The first kappa shape index (κ1) is 21.8. The zero-order chi connectivity index (χ0) is 16.8. The molecular weight excluding hydrogens is 320 g/mol. The number of nitrogens with one attached hydrogen (secondary N) is 1. The smallest absolute Gasteiger partial charge is 0.327 e. The lowest BCUT2D eigenvalue weighted by atomic mass is 10.1. The van der Waals surface area contributed by atoms with E-state index in [0.29, 0.717) is 5.75 Å². The van der Waals surface area contributed by atoms with Crippen molar-refractivity contribution in [2.75, 3.05) is 11.5 Å². The van der Waals surface area contributed by atoms with Crippen molar-refractivity contribution in [1.29, 1.82) is 0 Å². The summed E-state index contributed by atoms with van der Waals surface area (Å²) in [5.74, 6) is -2.04. The van der Waals surface area contributed by atoms with Crippen molar-refractivity contribution in [1.82, 2.24) is 5.32 Å². The van der Waals surface area contributed by atoms with E-state index in [4.69, 9.17) is 20.2 Å². The molecule has 0 aliphatic heterocycles. The lowest BCUT2D eigenvalue weighted by Crippen LogP contribution is -2.43. The molecule has 0 aliphatic rings. The van der Waals surface area contributed by atoms with Gasteiger partial charge in [0.15, 0.2) is 12.5 Å². The van der Waals surface area contributed by atoms with Crippen molar-refractivity contribution < 1.29 is 28.8 Å². The van der Waals surface area contributed by atoms with E-state index in [0.717, 1.165) is 0 Å². The summed E-state index contributed by atoms with van der Waals surface area (Å²) in [4.78, 5) is 32.8. The van der Waals surface area contributed by atoms with Gasteiger partial charge in [-0.25, -0.2) is 4.79 Å². The number of carboxylic acid groups (broad SMARTS) is 2. The summed E-state index contributed by atoms with van der Waals surface area (Å²) < 4.78 is 7.83. The first-order valence-electron chi connectivity index (χ1n) is 5.74. The van der Waals surface area contributed by atoms with Gasteiger partial charge < -0.3 is 21.3 Å². The van der Waals surface area contributed by atoms with Gasteiger partial charge in [-0.1, -0.05) is 6.08 Å². The van der Waals surface area contributed by atoms with Gasteiger partial charge in [0.05, 0.1) is 0 Å². The minimum atomic E-state index is -1.19. The number of nitrogens with two attached hydrogens (primary N) is 1. The first-order chi connectivity index (χ1) is 9.88. The van der Waals surface area contributed by atoms with Crippen LogP contribution in [0.3, 0.4) is 0 Å². The van der Waals surface area contributed by atoms with Gasteiger partial charge in [-0.15, -0.1) is 6.58 Å². The molecule has 5 N–H and O–H groups in total. The van der Waals surface area contributed by atoms with Crippen LogP contribution in [0.15, 0.2) is 12.7 Å². The average Bonchev–Trinajstić information content (AvgIpc) is 2.45. The molecule has 21 heavy (non-hydrogen) atoms. The normalized spacial score (nSPS) is 12.2. The number of carboxylic acids is 2. The lowest BCUT2D eigenvalue weighted by molar-refractivity contribution is -0.141. The van der Waals surface area contributed by atoms with Crippen molar-refractivity contribution >= 4 is 42.1 Å². The van der Waals surface area contributed by atoms with Gasteiger partial charge in [0, 0.05) is 17.9 Å². The fourth-order valence-corrected chi connectivity index (χ4v) is 1.88. The summed E-state index contributed by atoms with van der Waals surface area (Å²) in [6.07, 6.45) is 1.48. The molecule has 0 unspecified atom stereocenters. The number of rotatable bonds is 10. The Balaban J connectivity index is 0. The van der Waals surface area contributed by atoms with Gasteiger partial charge in [-0.05, 0) is 6.42 Å². The second-order valence-electron chi connectivity index (χ2n) is 3.77. The molecule has 0 aromatic heterocycles. The highest BCUT2D eigenvalue weighted by atomic mass is 32.2. The number of carbonyl (C=O) groups is 3. The highest BCUT2D eigenvalue weighted by Gasteiger charge is 2.20. The Morgan fingerprint density at radius 1 is 1.29 bits per heavy atom. The standard InChI is InChI=1S/C11H18N2O5S.OS/c1-2-5-19-6-8(11(17)18)13-9(14)4-3-7(12)10(15)16;1-2/h2,7-8H,1,3-6,12H2,(H,13,14)(H,15,16)(H,17,18);/t7-,8-;/m0./s1. The zero-order valence-electron chi connectivity index (χ0n) is 11.2. The highest BCUT2D eigenvalue weighted by molar-refractivity contribution is 7.99. The van der Waals surface area contributed by atoms with Crippen LogP contribution in [0.4, 0.5) is 0 Å². The third-order valence-electron chi connectivity index (χ3n) is 2.15. The fraction of sp³-hybridized carbons (Fsp3) is 0.545. The maximum absolute atomic E-state index is 11.5. The molecule has 2 atom stereocenters. The van der Waals surface area contributed by atoms with E-state index >= 15 is 0 Å². The molecule has 0 radical (unpaired) electrons. The third kappa shape index (κ3) is 12.0. The summed E-state index contributed by atoms with van der Waals surface area (Å²) >= 11 is 4.16. The van der Waals surface area contributed by atoms with E-state index in [9.17, 15) is 14.4 Å². The molecule has 0 aromatic carbocycles. The largest absolute Gasteiger partial charge is 0.480 e. The summed E-state index contributed by atoms with van der Waals surface area (Å²) in [5, 5.41) is 19.8. The number of amides is 1. The van der Waals surface area contributed by atoms with Gasteiger partial charge in [0.1, 0.15) is 12.1 Å². The zero-order valence-corrected chi connectivity index (χ0v) is 12.8. The first-order valence-corrected chi connectivity index (χ1v) is 7.23. The summed E-state index contributed by atoms with van der Waals surface area (Å²) in [6.45, 7) is 3.50. The number of aliphatic carboxylic acids is 2. The van der Waals surface area contributed by atoms with E-state index < -0.39 is 29.9 Å². The molecule has 0 saturated heterocycles. The maximum Gasteiger partial charge on any atom is 0.327 e. The van der Waals surface area contributed by atoms with Crippen LogP contribution in [0.1, 0.15) is 12.8 Å². The van der Waals surface area contributed by atoms with Crippen LogP contribution in [0.25, 0.3) is 0 Å². The van der Waals surface area contributed by atoms with Gasteiger partial charge >= 0.3 is 11.9 Å². The number of carbonyl (C=O) groups excluding carboxylic acids is 1. The molecule has 0 spiro atoms. The van der Waals surface area contributed by atoms with Gasteiger partial charge in [-0.2, -0.15) is 16.0 Å². The fourth-order valence-electron chi connectivity index (χ4n) is 1.12. The Morgan fingerprint density at radius 3 is 2.29 bits per heavy atom. The van der Waals surface area contributed by atoms with Crippen molar-refractivity contribution in [3.63, 3.8) is 0 Å². The van der Waals surface area contributed by atoms with Crippen molar-refractivity contribution in [2.45, 2.75) is 24.9 Å². The van der Waals surface area contributed by atoms with E-state index in [1.54, 1.807) is 6.08 Å². The quantitative estimate of drug-likeness (QED) is 0.301. The van der Waals surface area contributed by atoms with Crippen LogP contribution in [0.5, 0.6) is 0 Å². The molecule has 0 aliphatic carbocycles. The predicted octanol–water partition coefficient (Wildman–Crippen LogP) is -0.669. The highest BCUT2D eigenvalue weighted by Crippen LogP contribution is 2.04. The predicted molar refractivity (Wildman–Crippen MR) is 80.1 cm³/mol. The van der Waals surface area contributed by atoms with E-state index in [1.807, 2.05) is 0 Å². The summed E-state index contributed by atoms with van der Waals surface area (Å²) in [5.41, 5.74) is 5.24. The maximum atomic E-state index is 11.5. The minimum absolute atomic E-state index is 0.0344. The molecule has 10 heteroatoms. The molecule has 0 aromatic rings. The monoisotopic (exact) mass is 338 g/mol. The summed E-state index contributed by atoms with van der Waals surface area (Å²) in [6, 6.07) is -2.12. The Hall–Kier alpha value is -1.52. The molecule has 1 amide bonds. The van der Waals surface area contributed by atoms with Crippen molar-refractivity contribution in [2.24, 2.45) is 5.73 Å². The van der Waals surface area contributed by atoms with Crippen LogP contribution in [0, 0.1) is 0 Å². The molecule has 8 nitrogen and oxygen atoms in total. The van der Waals surface area contributed by atoms with Crippen LogP contribution < -0.4 is 11.1 Å². The Bertz CT molecular complexity index is 367. The van der Waals surface area contributed by atoms with Crippen molar-refractivity contribution in [3.8, 4) is 0 Å². The Morgan fingerprint density at radius 2 is 1.86 bits per heavy atom. The second kappa shape index (κ2) is 13.5.